The van der Waals surface area contributed by atoms with Gasteiger partial charge in [-0.15, -0.1) is 0 Å². The molecule has 1 aliphatic carbocycles. The van der Waals surface area contributed by atoms with Gasteiger partial charge in [-0.1, -0.05) is 0 Å². The Labute approximate surface area is 370 Å². The van der Waals surface area contributed by atoms with Crippen molar-refractivity contribution < 1.29 is 18.6 Å². The van der Waals surface area contributed by atoms with Crippen molar-refractivity contribution in [1.29, 1.82) is 0 Å². The predicted octanol–water partition coefficient (Wildman–Crippen LogP) is 5.55. The largest absolute Gasteiger partial charge is 0.393 e. The van der Waals surface area contributed by atoms with Crippen LogP contribution in [-0.4, -0.2) is 186 Å². The molecule has 0 aromatic carbocycles. The third-order valence-corrected chi connectivity index (χ3v) is 16.7. The molecule has 0 unspecified atom stereocenters. The molecule has 7 saturated heterocycles. The highest BCUT2D eigenvalue weighted by Gasteiger charge is 2.54. The predicted molar refractivity (Wildman–Crippen MR) is 253 cm³/mol. The van der Waals surface area contributed by atoms with Gasteiger partial charge >= 0.3 is 0 Å². The Hall–Kier alpha value is -0.410. The highest BCUT2D eigenvalue weighted by atomic mass is 32.2. The van der Waals surface area contributed by atoms with E-state index in [2.05, 4.69) is 139 Å². The van der Waals surface area contributed by atoms with Gasteiger partial charge in [0.25, 0.3) is 0 Å². The molecular formula is C48H97N7O4S. The zero-order valence-corrected chi connectivity index (χ0v) is 42.8. The fourth-order valence-corrected chi connectivity index (χ4v) is 11.4. The third kappa shape index (κ3) is 14.8. The first-order valence-corrected chi connectivity index (χ1v) is 25.7. The number of sulfone groups is 1. The molecule has 0 bridgehead atoms. The number of likely N-dealkylation sites (tertiary alicyclic amines) is 4. The molecule has 8 rings (SSSR count). The topological polar surface area (TPSA) is 115 Å². The molecule has 4 N–H and O–H groups in total. The molecule has 8 fully saturated rings. The zero-order chi connectivity index (χ0) is 45.4. The van der Waals surface area contributed by atoms with Gasteiger partial charge in [-0.3, -0.25) is 24.5 Å². The average molecular weight is 868 g/mol. The second kappa shape index (κ2) is 18.8. The molecule has 7 heterocycles. The molecule has 0 radical (unpaired) electrons. The smallest absolute Gasteiger partial charge is 0.152 e. The number of rotatable bonds is 0. The number of β-amino-alcohol motifs (C(OH)–C–C–N with tert-alkyl or cyclic N) is 1. The number of aliphatic hydroxyl groups excluding tert-OH is 1. The average Bonchev–Trinajstić information content (AvgIpc) is 3.70. The molecule has 0 aromatic heterocycles. The summed E-state index contributed by atoms with van der Waals surface area (Å²) in [5.41, 5.74) is 2.83. The minimum absolute atomic E-state index is 0.00659. The van der Waals surface area contributed by atoms with E-state index >= 15 is 0 Å². The SMILES string of the molecule is CC(C)(C)N1CC2(CC(O)C2)C1.CC(C)(C)N1CC2(CCNC2)C1.CC(C)(C)N1CCC2(CCNC2)CC1.CC(C)(C)N1CCS(=O)(=O)CC1.CC1(O)CN(C(C)(C)C)C1. The monoisotopic (exact) mass is 868 g/mol. The molecule has 0 aromatic rings. The number of nitrogens with zero attached hydrogens (tertiary/aromatic N) is 5. The Kier molecular flexibility index (Phi) is 16.4. The molecule has 0 atom stereocenters. The second-order valence-corrected chi connectivity index (χ2v) is 28.3. The van der Waals surface area contributed by atoms with E-state index in [1.807, 2.05) is 6.92 Å². The summed E-state index contributed by atoms with van der Waals surface area (Å²) in [6.45, 7) is 51.1. The van der Waals surface area contributed by atoms with E-state index in [-0.39, 0.29) is 17.2 Å². The van der Waals surface area contributed by atoms with Crippen LogP contribution >= 0.6 is 0 Å². The van der Waals surface area contributed by atoms with Crippen LogP contribution in [0.3, 0.4) is 0 Å². The van der Waals surface area contributed by atoms with Gasteiger partial charge < -0.3 is 20.8 Å². The van der Waals surface area contributed by atoms with Crippen LogP contribution in [0.1, 0.15) is 149 Å². The Morgan fingerprint density at radius 2 is 0.817 bits per heavy atom. The molecule has 7 aliphatic heterocycles. The minimum Gasteiger partial charge on any atom is -0.393 e. The molecule has 354 valence electrons. The van der Waals surface area contributed by atoms with Gasteiger partial charge in [0.05, 0.1) is 23.2 Å². The van der Waals surface area contributed by atoms with Crippen molar-refractivity contribution in [2.45, 2.75) is 189 Å². The summed E-state index contributed by atoms with van der Waals surface area (Å²) >= 11 is 0. The molecule has 60 heavy (non-hydrogen) atoms. The summed E-state index contributed by atoms with van der Waals surface area (Å²) < 4.78 is 22.2. The Morgan fingerprint density at radius 1 is 0.483 bits per heavy atom. The quantitative estimate of drug-likeness (QED) is 0.246. The third-order valence-electron chi connectivity index (χ3n) is 15.1. The Balaban J connectivity index is 0.000000166. The van der Waals surface area contributed by atoms with Crippen LogP contribution in [0.15, 0.2) is 0 Å². The van der Waals surface area contributed by atoms with Crippen LogP contribution in [0.2, 0.25) is 0 Å². The minimum atomic E-state index is -2.72. The Bertz CT molecular complexity index is 1420. The number of piperidine rings is 1. The lowest BCUT2D eigenvalue weighted by Gasteiger charge is -2.61. The van der Waals surface area contributed by atoms with E-state index < -0.39 is 15.4 Å². The summed E-state index contributed by atoms with van der Waals surface area (Å²) in [7, 11) is -2.72. The lowest BCUT2D eigenvalue weighted by Crippen LogP contribution is -2.67. The Morgan fingerprint density at radius 3 is 1.12 bits per heavy atom. The van der Waals surface area contributed by atoms with E-state index in [1.54, 1.807) is 0 Å². The van der Waals surface area contributed by atoms with Crippen LogP contribution in [0.5, 0.6) is 0 Å². The molecule has 0 amide bonds. The van der Waals surface area contributed by atoms with Gasteiger partial charge in [-0.25, -0.2) is 8.42 Å². The molecule has 11 nitrogen and oxygen atoms in total. The molecular weight excluding hydrogens is 771 g/mol. The van der Waals surface area contributed by atoms with Crippen molar-refractivity contribution in [2.75, 3.05) is 103 Å². The molecule has 3 spiro atoms. The van der Waals surface area contributed by atoms with Crippen molar-refractivity contribution in [3.05, 3.63) is 0 Å². The van der Waals surface area contributed by atoms with Crippen molar-refractivity contribution >= 4 is 9.84 Å². The van der Waals surface area contributed by atoms with Gasteiger partial charge in [-0.05, 0) is 181 Å². The molecule has 8 aliphatic rings. The van der Waals surface area contributed by atoms with Crippen LogP contribution in [0, 0.1) is 16.2 Å². The van der Waals surface area contributed by atoms with Crippen molar-refractivity contribution in [2.24, 2.45) is 16.2 Å². The van der Waals surface area contributed by atoms with E-state index in [9.17, 15) is 18.6 Å². The van der Waals surface area contributed by atoms with Crippen molar-refractivity contribution in [3.8, 4) is 0 Å². The summed E-state index contributed by atoms with van der Waals surface area (Å²) in [4.78, 5) is 12.2. The summed E-state index contributed by atoms with van der Waals surface area (Å²) in [5, 5.41) is 25.6. The second-order valence-electron chi connectivity index (χ2n) is 26.0. The lowest BCUT2D eigenvalue weighted by molar-refractivity contribution is -0.154. The van der Waals surface area contributed by atoms with Crippen LogP contribution in [0.25, 0.3) is 0 Å². The highest BCUT2D eigenvalue weighted by Crippen LogP contribution is 2.50. The normalized spacial score (nSPS) is 28.0. The fourth-order valence-electron chi connectivity index (χ4n) is 10.2. The molecule has 1 saturated carbocycles. The standard InChI is InChI=1S/C12H24N2.C10H20N2.C10H19NO.C8H17NO2S.C8H17NO/c1-11(2,3)14-8-5-12(6-9-14)4-7-13-10-12;1-9(2,3)12-7-10(8-12)4-5-11-6-10;1-9(2,3)11-6-10(7-11)4-8(12)5-10;1-8(2,3)9-4-6-12(10,11)7-5-9;1-7(2,3)9-5-8(4,10)6-9/h13H,4-10H2,1-3H3;11H,4-8H2,1-3H3;8,12H,4-7H2,1-3H3;4-7H2,1-3H3;10H,5-6H2,1-4H3. The van der Waals surface area contributed by atoms with Crippen molar-refractivity contribution in [3.63, 3.8) is 0 Å². The maximum absolute atomic E-state index is 11.1. The van der Waals surface area contributed by atoms with E-state index in [1.165, 1.54) is 91.1 Å². The first-order chi connectivity index (χ1) is 27.1. The summed E-state index contributed by atoms with van der Waals surface area (Å²) in [5.74, 6) is 0.647. The first-order valence-electron chi connectivity index (χ1n) is 23.9. The first kappa shape index (κ1) is 52.2. The maximum Gasteiger partial charge on any atom is 0.152 e. The zero-order valence-electron chi connectivity index (χ0n) is 42.0. The van der Waals surface area contributed by atoms with Crippen LogP contribution < -0.4 is 10.6 Å². The van der Waals surface area contributed by atoms with Gasteiger partial charge in [0, 0.05) is 104 Å². The van der Waals surface area contributed by atoms with E-state index in [0.29, 0.717) is 57.5 Å². The number of hydrogen-bond donors (Lipinski definition) is 4. The summed E-state index contributed by atoms with van der Waals surface area (Å²) in [6, 6.07) is 0. The molecule has 12 heteroatoms. The van der Waals surface area contributed by atoms with Crippen molar-refractivity contribution in [1.82, 2.24) is 35.1 Å². The van der Waals surface area contributed by atoms with Crippen LogP contribution in [-0.2, 0) is 9.84 Å². The lowest BCUT2D eigenvalue weighted by atomic mass is 9.61. The number of aliphatic hydroxyl groups is 2. The summed E-state index contributed by atoms with van der Waals surface area (Å²) in [6.07, 6.45) is 7.69. The highest BCUT2D eigenvalue weighted by molar-refractivity contribution is 7.91. The van der Waals surface area contributed by atoms with E-state index in [0.717, 1.165) is 25.9 Å². The van der Waals surface area contributed by atoms with Gasteiger partial charge in [-0.2, -0.15) is 0 Å². The van der Waals surface area contributed by atoms with Gasteiger partial charge in [0.15, 0.2) is 9.84 Å². The van der Waals surface area contributed by atoms with Gasteiger partial charge in [0.2, 0.25) is 0 Å². The number of nitrogens with one attached hydrogen (secondary N) is 2. The van der Waals surface area contributed by atoms with Gasteiger partial charge in [0.1, 0.15) is 0 Å². The van der Waals surface area contributed by atoms with Crippen LogP contribution in [0.4, 0.5) is 0 Å². The fraction of sp³-hybridized carbons (Fsp3) is 1.00. The number of hydrogen-bond acceptors (Lipinski definition) is 11. The van der Waals surface area contributed by atoms with E-state index in [4.69, 9.17) is 0 Å². The maximum atomic E-state index is 11.1.